The Hall–Kier alpha value is -3.87. The molecule has 0 atom stereocenters. The smallest absolute Gasteiger partial charge is 0.325 e. The van der Waals surface area contributed by atoms with E-state index in [1.54, 1.807) is 0 Å². The lowest BCUT2D eigenvalue weighted by Crippen LogP contribution is -2.41. The van der Waals surface area contributed by atoms with Crippen LogP contribution >= 0.6 is 0 Å². The van der Waals surface area contributed by atoms with Crippen LogP contribution in [-0.2, 0) is 13.6 Å². The Morgan fingerprint density at radius 3 is 2.47 bits per heavy atom. The molecule has 7 nitrogen and oxygen atoms in total. The fourth-order valence-corrected chi connectivity index (χ4v) is 4.47. The second-order valence-corrected chi connectivity index (χ2v) is 8.91. The molecule has 4 aromatic rings. The van der Waals surface area contributed by atoms with Crippen molar-refractivity contribution in [3.63, 3.8) is 0 Å². The number of carbonyl (C=O) groups excluding carboxylic acids is 1. The van der Waals surface area contributed by atoms with Crippen LogP contribution in [0.25, 0.3) is 22.2 Å². The van der Waals surface area contributed by atoms with Crippen LogP contribution in [0.2, 0.25) is 0 Å². The monoisotopic (exact) mass is 426 g/mol. The molecule has 0 unspecified atom stereocenters. The summed E-state index contributed by atoms with van der Waals surface area (Å²) in [6.07, 6.45) is 3.49. The van der Waals surface area contributed by atoms with Gasteiger partial charge in [0, 0.05) is 31.0 Å². The van der Waals surface area contributed by atoms with Crippen molar-refractivity contribution in [2.75, 3.05) is 17.2 Å². The van der Waals surface area contributed by atoms with E-state index in [9.17, 15) is 4.79 Å². The van der Waals surface area contributed by atoms with Crippen LogP contribution in [0.5, 0.6) is 0 Å². The summed E-state index contributed by atoms with van der Waals surface area (Å²) in [6, 6.07) is 18.2. The predicted octanol–water partition coefficient (Wildman–Crippen LogP) is 4.44. The van der Waals surface area contributed by atoms with Gasteiger partial charge in [0.15, 0.2) is 0 Å². The number of carbonyl (C=O) groups is 1. The molecule has 0 aliphatic carbocycles. The molecule has 1 aliphatic heterocycles. The molecule has 0 radical (unpaired) electrons. The van der Waals surface area contributed by atoms with Crippen LogP contribution in [0, 0.1) is 0 Å². The van der Waals surface area contributed by atoms with Gasteiger partial charge in [-0.2, -0.15) is 0 Å². The van der Waals surface area contributed by atoms with Crippen molar-refractivity contribution in [1.29, 1.82) is 0 Å². The Morgan fingerprint density at radius 2 is 1.75 bits per heavy atom. The summed E-state index contributed by atoms with van der Waals surface area (Å²) < 4.78 is 1.95. The number of fused-ring (bicyclic) bond motifs is 1. The van der Waals surface area contributed by atoms with E-state index < -0.39 is 0 Å². The van der Waals surface area contributed by atoms with Crippen molar-refractivity contribution in [3.05, 3.63) is 72.7 Å². The average Bonchev–Trinajstić information content (AvgIpc) is 3.24. The van der Waals surface area contributed by atoms with Gasteiger partial charge in [0.05, 0.1) is 17.5 Å². The topological polar surface area (TPSA) is 80.3 Å². The van der Waals surface area contributed by atoms with Crippen LogP contribution in [-0.4, -0.2) is 37.5 Å². The minimum Gasteiger partial charge on any atom is -0.383 e. The molecule has 2 aromatic heterocycles. The van der Waals surface area contributed by atoms with Crippen molar-refractivity contribution in [2.24, 2.45) is 7.05 Å². The first kappa shape index (κ1) is 20.1. The van der Waals surface area contributed by atoms with E-state index in [1.807, 2.05) is 70.1 Å². The lowest BCUT2D eigenvalue weighted by Gasteiger charge is -2.29. The molecule has 3 heterocycles. The molecule has 2 N–H and O–H groups in total. The van der Waals surface area contributed by atoms with E-state index in [2.05, 4.69) is 35.9 Å². The van der Waals surface area contributed by atoms with Crippen LogP contribution in [0.3, 0.4) is 0 Å². The quantitative estimate of drug-likeness (QED) is 0.523. The van der Waals surface area contributed by atoms with Gasteiger partial charge in [-0.1, -0.05) is 42.5 Å². The van der Waals surface area contributed by atoms with Crippen molar-refractivity contribution < 1.29 is 4.79 Å². The van der Waals surface area contributed by atoms with Gasteiger partial charge in [0.1, 0.15) is 17.8 Å². The lowest BCUT2D eigenvalue weighted by molar-refractivity contribution is 0.172. The molecule has 1 saturated heterocycles. The zero-order valence-corrected chi connectivity index (χ0v) is 18.5. The number of nitrogen functional groups attached to an aromatic ring is 1. The van der Waals surface area contributed by atoms with Crippen LogP contribution in [0.1, 0.15) is 19.4 Å². The number of aromatic nitrogens is 3. The van der Waals surface area contributed by atoms with E-state index in [4.69, 9.17) is 5.73 Å². The highest BCUT2D eigenvalue weighted by Crippen LogP contribution is 2.35. The maximum Gasteiger partial charge on any atom is 0.325 e. The second-order valence-electron chi connectivity index (χ2n) is 8.91. The Labute approximate surface area is 187 Å². The molecule has 2 aromatic carbocycles. The highest BCUT2D eigenvalue weighted by atomic mass is 16.2. The van der Waals surface area contributed by atoms with Gasteiger partial charge in [-0.05, 0) is 37.1 Å². The first-order valence-electron chi connectivity index (χ1n) is 10.6. The number of aryl methyl sites for hydroxylation is 1. The molecule has 5 rings (SSSR count). The third kappa shape index (κ3) is 3.26. The van der Waals surface area contributed by atoms with Crippen molar-refractivity contribution >= 4 is 28.6 Å². The first-order valence-corrected chi connectivity index (χ1v) is 10.6. The summed E-state index contributed by atoms with van der Waals surface area (Å²) in [5.74, 6) is 0.461. The largest absolute Gasteiger partial charge is 0.383 e. The van der Waals surface area contributed by atoms with E-state index in [-0.39, 0.29) is 11.6 Å². The van der Waals surface area contributed by atoms with E-state index in [1.165, 1.54) is 6.33 Å². The predicted molar refractivity (Wildman–Crippen MR) is 127 cm³/mol. The van der Waals surface area contributed by atoms with Crippen molar-refractivity contribution in [3.8, 4) is 11.1 Å². The molecule has 1 fully saturated rings. The van der Waals surface area contributed by atoms with E-state index >= 15 is 0 Å². The zero-order chi connectivity index (χ0) is 22.5. The Morgan fingerprint density at radius 1 is 1.03 bits per heavy atom. The molecule has 7 heteroatoms. The lowest BCUT2D eigenvalue weighted by atomic mass is 10.0. The molecular weight excluding hydrogens is 400 g/mol. The number of urea groups is 1. The highest BCUT2D eigenvalue weighted by Gasteiger charge is 2.43. The SMILES string of the molecule is Cn1cc(-c2ccc(N3CC(C)(C)N(Cc4ccccc4)C3=O)cc2)c2c(N)ncnc21. The fourth-order valence-electron chi connectivity index (χ4n) is 4.47. The van der Waals surface area contributed by atoms with Crippen LogP contribution < -0.4 is 10.6 Å². The van der Waals surface area contributed by atoms with Gasteiger partial charge in [-0.15, -0.1) is 0 Å². The molecule has 32 heavy (non-hydrogen) atoms. The number of hydrogen-bond donors (Lipinski definition) is 1. The Bertz CT molecular complexity index is 1290. The summed E-state index contributed by atoms with van der Waals surface area (Å²) in [6.45, 7) is 5.45. The molecule has 1 aliphatic rings. The normalized spacial score (nSPS) is 15.7. The molecular formula is C25H26N6O. The molecule has 2 amide bonds. The standard InChI is InChI=1S/C25H26N6O/c1-25(2)15-30(24(32)31(25)13-17-7-5-4-6-8-17)19-11-9-18(10-12-19)20-14-29(3)23-21(20)22(26)27-16-28-23/h4-12,14,16H,13,15H2,1-3H3,(H2,26,27,28). The van der Waals surface area contributed by atoms with Gasteiger partial charge in [0.2, 0.25) is 0 Å². The summed E-state index contributed by atoms with van der Waals surface area (Å²) in [5.41, 5.74) is 10.7. The van der Waals surface area contributed by atoms with Crippen molar-refractivity contribution in [1.82, 2.24) is 19.4 Å². The number of nitrogens with two attached hydrogens (primary N) is 1. The third-order valence-electron chi connectivity index (χ3n) is 6.19. The van der Waals surface area contributed by atoms with Gasteiger partial charge in [0.25, 0.3) is 0 Å². The fraction of sp³-hybridized carbons (Fsp3) is 0.240. The number of nitrogens with zero attached hydrogens (tertiary/aromatic N) is 5. The van der Waals surface area contributed by atoms with Gasteiger partial charge >= 0.3 is 6.03 Å². The average molecular weight is 427 g/mol. The minimum absolute atomic E-state index is 0.0226. The van der Waals surface area contributed by atoms with Crippen molar-refractivity contribution in [2.45, 2.75) is 25.9 Å². The summed E-state index contributed by atoms with van der Waals surface area (Å²) >= 11 is 0. The number of anilines is 2. The first-order chi connectivity index (χ1) is 15.3. The van der Waals surface area contributed by atoms with E-state index in [0.717, 1.165) is 33.4 Å². The van der Waals surface area contributed by atoms with Gasteiger partial charge in [-0.25, -0.2) is 14.8 Å². The number of rotatable bonds is 4. The summed E-state index contributed by atoms with van der Waals surface area (Å²) in [4.78, 5) is 25.6. The Kier molecular flexibility index (Phi) is 4.62. The van der Waals surface area contributed by atoms with Crippen LogP contribution in [0.15, 0.2) is 67.1 Å². The number of hydrogen-bond acceptors (Lipinski definition) is 4. The maximum absolute atomic E-state index is 13.3. The maximum atomic E-state index is 13.3. The zero-order valence-electron chi connectivity index (χ0n) is 18.5. The summed E-state index contributed by atoms with van der Waals surface area (Å²) in [5, 5.41) is 0.843. The highest BCUT2D eigenvalue weighted by molar-refractivity contribution is 6.01. The molecule has 0 spiro atoms. The second kappa shape index (κ2) is 7.37. The number of amides is 2. The summed E-state index contributed by atoms with van der Waals surface area (Å²) in [7, 11) is 1.94. The minimum atomic E-state index is -0.271. The molecule has 0 saturated carbocycles. The molecule has 162 valence electrons. The third-order valence-corrected chi connectivity index (χ3v) is 6.19. The molecule has 0 bridgehead atoms. The van der Waals surface area contributed by atoms with Gasteiger partial charge < -0.3 is 15.2 Å². The van der Waals surface area contributed by atoms with Crippen LogP contribution in [0.4, 0.5) is 16.3 Å². The van der Waals surface area contributed by atoms with E-state index in [0.29, 0.717) is 18.9 Å². The Balaban J connectivity index is 1.44. The van der Waals surface area contributed by atoms with Gasteiger partial charge in [-0.3, -0.25) is 4.90 Å². The number of benzene rings is 2.